The van der Waals surface area contributed by atoms with Crippen molar-refractivity contribution in [3.05, 3.63) is 87.9 Å². The lowest BCUT2D eigenvalue weighted by Gasteiger charge is -2.31. The van der Waals surface area contributed by atoms with E-state index in [9.17, 15) is 9.59 Å². The zero-order valence-corrected chi connectivity index (χ0v) is 23.6. The second-order valence-corrected chi connectivity index (χ2v) is 10.6. The fourth-order valence-corrected chi connectivity index (χ4v) is 5.36. The van der Waals surface area contributed by atoms with E-state index in [0.29, 0.717) is 27.0 Å². The molecule has 0 radical (unpaired) electrons. The van der Waals surface area contributed by atoms with Crippen molar-refractivity contribution in [1.29, 1.82) is 0 Å². The van der Waals surface area contributed by atoms with Crippen LogP contribution in [0.15, 0.2) is 66.7 Å². The van der Waals surface area contributed by atoms with E-state index in [1.807, 2.05) is 62.4 Å². The maximum Gasteiger partial charge on any atom is 0.265 e. The fourth-order valence-electron chi connectivity index (χ4n) is 4.79. The molecule has 3 aromatic rings. The van der Waals surface area contributed by atoms with Crippen LogP contribution in [0.4, 0.5) is 11.4 Å². The number of ether oxygens (including phenoxy) is 1. The Hall–Kier alpha value is -3.22. The zero-order valence-electron chi connectivity index (χ0n) is 22.1. The van der Waals surface area contributed by atoms with Gasteiger partial charge >= 0.3 is 0 Å². The molecule has 0 bridgehead atoms. The van der Waals surface area contributed by atoms with E-state index in [2.05, 4.69) is 24.1 Å². The molecule has 6 nitrogen and oxygen atoms in total. The number of anilines is 2. The number of hydrogen-bond donors (Lipinski definition) is 1. The van der Waals surface area contributed by atoms with Crippen LogP contribution in [0.3, 0.4) is 0 Å². The van der Waals surface area contributed by atoms with Gasteiger partial charge in [-0.05, 0) is 61.7 Å². The Morgan fingerprint density at radius 2 is 1.66 bits per heavy atom. The zero-order chi connectivity index (χ0) is 27.4. The van der Waals surface area contributed by atoms with Crippen LogP contribution < -0.4 is 15.0 Å². The largest absolute Gasteiger partial charge is 0.480 e. The molecule has 8 heteroatoms. The predicted molar refractivity (Wildman–Crippen MR) is 154 cm³/mol. The van der Waals surface area contributed by atoms with E-state index >= 15 is 0 Å². The normalized spacial score (nSPS) is 17.0. The minimum Gasteiger partial charge on any atom is -0.480 e. The molecule has 1 N–H and O–H groups in total. The first-order valence-electron chi connectivity index (χ1n) is 12.9. The first-order valence-corrected chi connectivity index (χ1v) is 13.6. The molecule has 1 aliphatic heterocycles. The Bertz CT molecular complexity index is 1270. The standard InChI is InChI=1S/C30H33Cl2N3O3/c1-5-34(6-2)24-12-13-25-26(17-24)38-28(19(3)4)30(37)35(18-20-14-21(31)16-22(32)15-20)27(25)29(36)33-23-10-8-7-9-11-23/h7-17,19,27-28H,5-6,18H2,1-4H3,(H,33,36). The summed E-state index contributed by atoms with van der Waals surface area (Å²) in [4.78, 5) is 31.8. The summed E-state index contributed by atoms with van der Waals surface area (Å²) in [5, 5.41) is 3.91. The average molecular weight is 555 g/mol. The predicted octanol–water partition coefficient (Wildman–Crippen LogP) is 6.97. The Balaban J connectivity index is 1.86. The van der Waals surface area contributed by atoms with Crippen molar-refractivity contribution in [2.24, 2.45) is 5.92 Å². The molecule has 2 unspecified atom stereocenters. The number of nitrogens with zero attached hydrogens (tertiary/aromatic N) is 2. The number of carbonyl (C=O) groups excluding carboxylic acids is 2. The van der Waals surface area contributed by atoms with Gasteiger partial charge in [-0.3, -0.25) is 9.59 Å². The first kappa shape index (κ1) is 27.8. The van der Waals surface area contributed by atoms with Gasteiger partial charge in [0.25, 0.3) is 11.8 Å². The van der Waals surface area contributed by atoms with Crippen LogP contribution in [-0.4, -0.2) is 35.9 Å². The number of halogens is 2. The molecular weight excluding hydrogens is 521 g/mol. The van der Waals surface area contributed by atoms with Crippen LogP contribution in [-0.2, 0) is 16.1 Å². The molecule has 4 rings (SSSR count). The van der Waals surface area contributed by atoms with E-state index < -0.39 is 12.1 Å². The van der Waals surface area contributed by atoms with Crippen LogP contribution in [0.25, 0.3) is 0 Å². The quantitative estimate of drug-likeness (QED) is 0.327. The molecule has 0 spiro atoms. The van der Waals surface area contributed by atoms with Gasteiger partial charge in [-0.2, -0.15) is 0 Å². The van der Waals surface area contributed by atoms with E-state index in [4.69, 9.17) is 27.9 Å². The molecule has 0 fully saturated rings. The van der Waals surface area contributed by atoms with Gasteiger partial charge in [0.05, 0.1) is 0 Å². The summed E-state index contributed by atoms with van der Waals surface area (Å²) < 4.78 is 6.41. The summed E-state index contributed by atoms with van der Waals surface area (Å²) in [5.74, 6) is -0.206. The third-order valence-corrected chi connectivity index (χ3v) is 7.12. The molecule has 0 aromatic heterocycles. The monoisotopic (exact) mass is 553 g/mol. The molecule has 38 heavy (non-hydrogen) atoms. The molecule has 1 aliphatic rings. The van der Waals surface area contributed by atoms with E-state index in [1.165, 1.54) is 0 Å². The van der Waals surface area contributed by atoms with Crippen molar-refractivity contribution >= 4 is 46.4 Å². The summed E-state index contributed by atoms with van der Waals surface area (Å²) >= 11 is 12.6. The van der Waals surface area contributed by atoms with Crippen LogP contribution in [0.2, 0.25) is 10.0 Å². The topological polar surface area (TPSA) is 61.9 Å². The Labute approximate surface area is 234 Å². The molecule has 0 saturated heterocycles. The van der Waals surface area contributed by atoms with Crippen molar-refractivity contribution in [2.45, 2.75) is 46.4 Å². The highest BCUT2D eigenvalue weighted by atomic mass is 35.5. The van der Waals surface area contributed by atoms with Gasteiger partial charge < -0.3 is 19.9 Å². The lowest BCUT2D eigenvalue weighted by molar-refractivity contribution is -0.146. The molecule has 0 aliphatic carbocycles. The minimum atomic E-state index is -0.940. The maximum absolute atomic E-state index is 14.1. The summed E-state index contributed by atoms with van der Waals surface area (Å²) in [7, 11) is 0. The van der Waals surface area contributed by atoms with Crippen LogP contribution in [0.5, 0.6) is 5.75 Å². The number of benzene rings is 3. The van der Waals surface area contributed by atoms with Gasteiger partial charge in [0.2, 0.25) is 0 Å². The van der Waals surface area contributed by atoms with Crippen molar-refractivity contribution in [3.63, 3.8) is 0 Å². The molecule has 0 saturated carbocycles. The van der Waals surface area contributed by atoms with Crippen LogP contribution in [0, 0.1) is 5.92 Å². The van der Waals surface area contributed by atoms with Gasteiger partial charge in [0, 0.05) is 52.7 Å². The van der Waals surface area contributed by atoms with E-state index in [0.717, 1.165) is 24.3 Å². The number of carbonyl (C=O) groups is 2. The Kier molecular flexibility index (Phi) is 8.85. The van der Waals surface area contributed by atoms with E-state index in [-0.39, 0.29) is 24.3 Å². The number of amides is 2. The molecule has 1 heterocycles. The highest BCUT2D eigenvalue weighted by Gasteiger charge is 2.42. The highest BCUT2D eigenvalue weighted by molar-refractivity contribution is 6.34. The van der Waals surface area contributed by atoms with Crippen molar-refractivity contribution in [2.75, 3.05) is 23.3 Å². The number of rotatable bonds is 8. The van der Waals surface area contributed by atoms with Gasteiger partial charge in [0.1, 0.15) is 11.8 Å². The lowest BCUT2D eigenvalue weighted by atomic mass is 10.00. The van der Waals surface area contributed by atoms with Gasteiger partial charge in [-0.15, -0.1) is 0 Å². The maximum atomic E-state index is 14.1. The van der Waals surface area contributed by atoms with Crippen LogP contribution in [0.1, 0.15) is 44.9 Å². The third-order valence-electron chi connectivity index (χ3n) is 6.68. The molecule has 2 atom stereocenters. The minimum absolute atomic E-state index is 0.131. The lowest BCUT2D eigenvalue weighted by Crippen LogP contribution is -2.46. The number of para-hydroxylation sites is 1. The van der Waals surface area contributed by atoms with E-state index in [1.54, 1.807) is 23.1 Å². The Morgan fingerprint density at radius 3 is 2.26 bits per heavy atom. The molecular formula is C30H33Cl2N3O3. The molecule has 3 aromatic carbocycles. The van der Waals surface area contributed by atoms with Gasteiger partial charge in [-0.25, -0.2) is 0 Å². The first-order chi connectivity index (χ1) is 18.2. The average Bonchev–Trinajstić information content (AvgIpc) is 2.99. The number of nitrogens with one attached hydrogen (secondary N) is 1. The van der Waals surface area contributed by atoms with Crippen molar-refractivity contribution in [1.82, 2.24) is 4.90 Å². The van der Waals surface area contributed by atoms with Crippen LogP contribution >= 0.6 is 23.2 Å². The number of fused-ring (bicyclic) bond motifs is 1. The fraction of sp³-hybridized carbons (Fsp3) is 0.333. The molecule has 200 valence electrons. The summed E-state index contributed by atoms with van der Waals surface area (Å²) in [6.45, 7) is 9.83. The Morgan fingerprint density at radius 1 is 1.00 bits per heavy atom. The third kappa shape index (κ3) is 6.08. The second kappa shape index (κ2) is 12.1. The highest BCUT2D eigenvalue weighted by Crippen LogP contribution is 2.40. The van der Waals surface area contributed by atoms with Gasteiger partial charge in [-0.1, -0.05) is 61.3 Å². The van der Waals surface area contributed by atoms with Crippen molar-refractivity contribution < 1.29 is 14.3 Å². The van der Waals surface area contributed by atoms with Crippen molar-refractivity contribution in [3.8, 4) is 5.75 Å². The SMILES string of the molecule is CCN(CC)c1ccc2c(c1)OC(C(C)C)C(=O)N(Cc1cc(Cl)cc(Cl)c1)C2C(=O)Nc1ccccc1. The smallest absolute Gasteiger partial charge is 0.265 e. The second-order valence-electron chi connectivity index (χ2n) is 9.68. The number of hydrogen-bond acceptors (Lipinski definition) is 4. The summed E-state index contributed by atoms with van der Waals surface area (Å²) in [5.41, 5.74) is 2.96. The molecule has 2 amide bonds. The summed E-state index contributed by atoms with van der Waals surface area (Å²) in [6, 6.07) is 19.2. The van der Waals surface area contributed by atoms with Gasteiger partial charge in [0.15, 0.2) is 6.10 Å². The summed E-state index contributed by atoms with van der Waals surface area (Å²) in [6.07, 6.45) is -0.773.